The van der Waals surface area contributed by atoms with E-state index in [0.717, 1.165) is 34.6 Å². The van der Waals surface area contributed by atoms with Crippen molar-refractivity contribution < 1.29 is 0 Å². The van der Waals surface area contributed by atoms with Crippen molar-refractivity contribution in [3.05, 3.63) is 95.6 Å². The third-order valence-electron chi connectivity index (χ3n) is 12.8. The van der Waals surface area contributed by atoms with Crippen LogP contribution in [0.4, 0.5) is 0 Å². The Kier molecular flexibility index (Phi) is 6.77. The van der Waals surface area contributed by atoms with Gasteiger partial charge in [0.15, 0.2) is 0 Å². The van der Waals surface area contributed by atoms with Crippen molar-refractivity contribution in [2.75, 3.05) is 0 Å². The highest BCUT2D eigenvalue weighted by molar-refractivity contribution is 5.59. The number of hydrogen-bond acceptors (Lipinski definition) is 4. The zero-order valence-corrected chi connectivity index (χ0v) is 26.8. The minimum absolute atomic E-state index is 0.386. The van der Waals surface area contributed by atoms with Gasteiger partial charge in [0.05, 0.1) is 22.8 Å². The second-order valence-corrected chi connectivity index (χ2v) is 15.5. The molecule has 4 heteroatoms. The molecule has 4 aromatic rings. The molecule has 0 radical (unpaired) electrons. The Balaban J connectivity index is 0.934. The standard InChI is InChI=1S/C40H46N4/c1-39(2)31-21-33(39)29-23-43-37(35-15-9-11-17-41-35)19-27(29)25(31)13-7-5-6-8-14-26-28-20-38(36-16-10-12-18-42-36)44-24-30(28)34-22-32(26)40(34,3)4/h9-12,15-20,23-26,31-34H,5-8,13-14,21-22H2,1-4H3/t25-,26-,31-,32-,33+,34+/m1/s1. The van der Waals surface area contributed by atoms with Gasteiger partial charge >= 0.3 is 0 Å². The van der Waals surface area contributed by atoms with E-state index in [4.69, 9.17) is 9.97 Å². The molecular formula is C40H46N4. The molecule has 4 heterocycles. The Morgan fingerprint density at radius 1 is 0.545 bits per heavy atom. The molecule has 6 atom stereocenters. The van der Waals surface area contributed by atoms with Crippen molar-refractivity contribution in [1.82, 2.24) is 19.9 Å². The summed E-state index contributed by atoms with van der Waals surface area (Å²) in [5.74, 6) is 4.18. The van der Waals surface area contributed by atoms with Crippen molar-refractivity contribution in [1.29, 1.82) is 0 Å². The van der Waals surface area contributed by atoms with Crippen LogP contribution < -0.4 is 0 Å². The van der Waals surface area contributed by atoms with Crippen LogP contribution in [0, 0.1) is 22.7 Å². The van der Waals surface area contributed by atoms with Crippen molar-refractivity contribution in [2.24, 2.45) is 22.7 Å². The highest BCUT2D eigenvalue weighted by atomic mass is 14.8. The Bertz CT molecular complexity index is 1530. The number of aromatic nitrogens is 4. The van der Waals surface area contributed by atoms with Crippen LogP contribution in [-0.2, 0) is 0 Å². The van der Waals surface area contributed by atoms with Crippen LogP contribution in [0.1, 0.15) is 125 Å². The number of unbranched alkanes of at least 4 members (excludes halogenated alkanes) is 3. The maximum Gasteiger partial charge on any atom is 0.0889 e. The third-order valence-corrected chi connectivity index (χ3v) is 12.8. The average Bonchev–Trinajstić information content (AvgIpc) is 3.05. The summed E-state index contributed by atoms with van der Waals surface area (Å²) >= 11 is 0. The van der Waals surface area contributed by atoms with Gasteiger partial charge in [-0.05, 0) is 131 Å². The van der Waals surface area contributed by atoms with Crippen LogP contribution >= 0.6 is 0 Å². The summed E-state index contributed by atoms with van der Waals surface area (Å²) in [6.45, 7) is 9.99. The van der Waals surface area contributed by atoms with E-state index >= 15 is 0 Å². The lowest BCUT2D eigenvalue weighted by Crippen LogP contribution is -2.50. The smallest absolute Gasteiger partial charge is 0.0889 e. The SMILES string of the molecule is CC1(C)[C@@H]2C[C@H]1c1cnc(-c3ccccn3)cc1[C@H]2CCCCCC[C@@H]1c2cc(-c3ccccn3)ncc2[C@@H]2C[C@H]1C2(C)C. The number of pyridine rings is 4. The van der Waals surface area contributed by atoms with Gasteiger partial charge in [-0.1, -0.05) is 65.5 Å². The first-order chi connectivity index (χ1) is 21.3. The van der Waals surface area contributed by atoms with Gasteiger partial charge in [0, 0.05) is 24.8 Å². The third kappa shape index (κ3) is 4.38. The van der Waals surface area contributed by atoms with E-state index in [1.807, 2.05) is 24.5 Å². The molecule has 2 fully saturated rings. The minimum atomic E-state index is 0.386. The lowest BCUT2D eigenvalue weighted by atomic mass is 9.44. The van der Waals surface area contributed by atoms with Crippen LogP contribution in [-0.4, -0.2) is 19.9 Å². The van der Waals surface area contributed by atoms with Crippen molar-refractivity contribution in [3.8, 4) is 22.8 Å². The summed E-state index contributed by atoms with van der Waals surface area (Å²) in [5, 5.41) is 0. The molecule has 4 nitrogen and oxygen atoms in total. The highest BCUT2D eigenvalue weighted by Crippen LogP contribution is 2.68. The highest BCUT2D eigenvalue weighted by Gasteiger charge is 2.57. The molecule has 0 N–H and O–H groups in total. The molecule has 0 spiro atoms. The summed E-state index contributed by atoms with van der Waals surface area (Å²) in [6, 6.07) is 17.0. The molecule has 4 bridgehead atoms. The summed E-state index contributed by atoms with van der Waals surface area (Å²) < 4.78 is 0. The van der Waals surface area contributed by atoms with Crippen LogP contribution in [0.15, 0.2) is 73.3 Å². The fourth-order valence-electron chi connectivity index (χ4n) is 10.1. The van der Waals surface area contributed by atoms with Gasteiger partial charge in [0.2, 0.25) is 0 Å². The van der Waals surface area contributed by atoms with Gasteiger partial charge in [0.1, 0.15) is 0 Å². The van der Waals surface area contributed by atoms with Crippen molar-refractivity contribution in [2.45, 2.75) is 103 Å². The second kappa shape index (κ2) is 10.6. The van der Waals surface area contributed by atoms with Crippen molar-refractivity contribution in [3.63, 3.8) is 0 Å². The molecule has 0 saturated heterocycles. The lowest BCUT2D eigenvalue weighted by Gasteiger charge is -2.60. The number of hydrogen-bond donors (Lipinski definition) is 0. The van der Waals surface area contributed by atoms with E-state index in [1.54, 1.807) is 11.1 Å². The molecular weight excluding hydrogens is 536 g/mol. The van der Waals surface area contributed by atoms with Gasteiger partial charge < -0.3 is 0 Å². The zero-order chi connectivity index (χ0) is 30.1. The fourth-order valence-corrected chi connectivity index (χ4v) is 10.1. The molecule has 2 saturated carbocycles. The molecule has 0 aliphatic heterocycles. The zero-order valence-electron chi connectivity index (χ0n) is 26.8. The number of nitrogens with zero attached hydrogens (tertiary/aromatic N) is 4. The van der Waals surface area contributed by atoms with Gasteiger partial charge in [-0.25, -0.2) is 0 Å². The summed E-state index contributed by atoms with van der Waals surface area (Å²) in [7, 11) is 0. The molecule has 226 valence electrons. The first-order valence-electron chi connectivity index (χ1n) is 17.2. The van der Waals surface area contributed by atoms with E-state index in [9.17, 15) is 0 Å². The summed E-state index contributed by atoms with van der Waals surface area (Å²) in [4.78, 5) is 19.0. The normalized spacial score (nSPS) is 28.3. The maximum absolute atomic E-state index is 4.89. The van der Waals surface area contributed by atoms with E-state index in [2.05, 4.69) is 86.5 Å². The van der Waals surface area contributed by atoms with E-state index in [0.29, 0.717) is 34.5 Å². The van der Waals surface area contributed by atoms with Crippen LogP contribution in [0.3, 0.4) is 0 Å². The Morgan fingerprint density at radius 3 is 1.39 bits per heavy atom. The molecule has 4 aromatic heterocycles. The first-order valence-corrected chi connectivity index (χ1v) is 17.2. The molecule has 10 rings (SSSR count). The second-order valence-electron chi connectivity index (χ2n) is 15.5. The predicted octanol–water partition coefficient (Wildman–Crippen LogP) is 10.1. The fraction of sp³-hybridized carbons (Fsp3) is 0.500. The van der Waals surface area contributed by atoms with Crippen LogP contribution in [0.5, 0.6) is 0 Å². The van der Waals surface area contributed by atoms with E-state index < -0.39 is 0 Å². The topological polar surface area (TPSA) is 51.6 Å². The quantitative estimate of drug-likeness (QED) is 0.184. The monoisotopic (exact) mass is 582 g/mol. The molecule has 44 heavy (non-hydrogen) atoms. The molecule has 0 aromatic carbocycles. The predicted molar refractivity (Wildman–Crippen MR) is 177 cm³/mol. The Morgan fingerprint density at radius 2 is 1.00 bits per heavy atom. The average molecular weight is 583 g/mol. The summed E-state index contributed by atoms with van der Waals surface area (Å²) in [5.41, 5.74) is 11.0. The van der Waals surface area contributed by atoms with E-state index in [1.165, 1.54) is 62.5 Å². The Labute approximate surface area is 263 Å². The molecule has 6 aliphatic carbocycles. The Hall–Kier alpha value is -3.40. The lowest BCUT2D eigenvalue weighted by molar-refractivity contribution is -0.00958. The molecule has 6 aliphatic rings. The van der Waals surface area contributed by atoms with Crippen LogP contribution in [0.2, 0.25) is 0 Å². The largest absolute Gasteiger partial charge is 0.255 e. The van der Waals surface area contributed by atoms with Gasteiger partial charge in [-0.15, -0.1) is 0 Å². The summed E-state index contributed by atoms with van der Waals surface area (Å²) in [6.07, 6.45) is 18.7. The van der Waals surface area contributed by atoms with Crippen LogP contribution in [0.25, 0.3) is 22.8 Å². The molecule has 0 unspecified atom stereocenters. The van der Waals surface area contributed by atoms with Gasteiger partial charge in [-0.2, -0.15) is 0 Å². The van der Waals surface area contributed by atoms with E-state index in [-0.39, 0.29) is 0 Å². The van der Waals surface area contributed by atoms with Crippen molar-refractivity contribution >= 4 is 0 Å². The minimum Gasteiger partial charge on any atom is -0.255 e. The number of rotatable bonds is 9. The maximum atomic E-state index is 4.89. The van der Waals surface area contributed by atoms with Gasteiger partial charge in [-0.3, -0.25) is 19.9 Å². The van der Waals surface area contributed by atoms with Gasteiger partial charge in [0.25, 0.3) is 0 Å². The molecule has 0 amide bonds. The first kappa shape index (κ1) is 28.1.